The molecule has 1 fully saturated rings. The molecule has 2 aromatic rings. The quantitative estimate of drug-likeness (QED) is 0.473. The molecule has 1 aliphatic heterocycles. The number of methoxy groups -OCH3 is 1. The van der Waals surface area contributed by atoms with E-state index in [4.69, 9.17) is 21.2 Å². The fourth-order valence-electron chi connectivity index (χ4n) is 3.55. The molecule has 1 unspecified atom stereocenters. The van der Waals surface area contributed by atoms with Crippen LogP contribution in [-0.4, -0.2) is 60.0 Å². The van der Waals surface area contributed by atoms with Gasteiger partial charge in [-0.15, -0.1) is 0 Å². The zero-order valence-electron chi connectivity index (χ0n) is 19.4. The molecule has 3 rings (SSSR count). The van der Waals surface area contributed by atoms with Crippen LogP contribution in [0.4, 0.5) is 4.79 Å². The number of aliphatic carboxylic acids is 1. The molecule has 1 aliphatic rings. The molecular formula is C24H27ClN4O6. The standard InChI is InChI=1S/C24H27ClN4O6/c1-3-19(23(31)32)27-24(33)29-14-21(28-35-18-7-5-4-6-8-18)26-13-16(22(29)30)11-15-12-17(25)9-10-20(15)34-2/h4-10,12,16,19H,3,11,13-14H2,1-2H3,(H,26,28)(H,27,33)(H,31,32)/t16-,19?/m1/s1. The van der Waals surface area contributed by atoms with Gasteiger partial charge in [0, 0.05) is 11.6 Å². The van der Waals surface area contributed by atoms with Crippen LogP contribution in [0.3, 0.4) is 0 Å². The molecule has 0 saturated carbocycles. The maximum atomic E-state index is 13.4. The Bertz CT molecular complexity index is 1090. The number of rotatable bonds is 8. The topological polar surface area (TPSA) is 130 Å². The maximum absolute atomic E-state index is 13.4. The number of carbonyl (C=O) groups excluding carboxylic acids is 2. The van der Waals surface area contributed by atoms with Crippen molar-refractivity contribution >= 4 is 35.3 Å². The first-order valence-electron chi connectivity index (χ1n) is 11.0. The second kappa shape index (κ2) is 12.1. The first-order chi connectivity index (χ1) is 16.8. The fraction of sp³-hybridized carbons (Fsp3) is 0.333. The molecule has 2 aromatic carbocycles. The number of carboxylic acid groups (broad SMARTS) is 1. The lowest BCUT2D eigenvalue weighted by molar-refractivity contribution is -0.139. The Kier molecular flexibility index (Phi) is 8.91. The Morgan fingerprint density at radius 2 is 2.03 bits per heavy atom. The van der Waals surface area contributed by atoms with E-state index in [-0.39, 0.29) is 31.8 Å². The normalized spacial score (nSPS) is 17.8. The van der Waals surface area contributed by atoms with Gasteiger partial charge in [0.25, 0.3) is 0 Å². The number of hydrogen-bond donors (Lipinski definition) is 3. The molecule has 35 heavy (non-hydrogen) atoms. The van der Waals surface area contributed by atoms with Crippen molar-refractivity contribution in [1.82, 2.24) is 15.5 Å². The smallest absolute Gasteiger partial charge is 0.326 e. The van der Waals surface area contributed by atoms with Gasteiger partial charge in [-0.05, 0) is 48.7 Å². The van der Waals surface area contributed by atoms with E-state index in [0.29, 0.717) is 22.1 Å². The number of imide groups is 1. The van der Waals surface area contributed by atoms with Crippen molar-refractivity contribution < 1.29 is 29.1 Å². The molecule has 0 aromatic heterocycles. The molecular weight excluding hydrogens is 476 g/mol. The summed E-state index contributed by atoms with van der Waals surface area (Å²) in [6.45, 7) is 1.56. The van der Waals surface area contributed by atoms with Crippen LogP contribution < -0.4 is 20.2 Å². The summed E-state index contributed by atoms with van der Waals surface area (Å²) >= 11 is 6.14. The number of carbonyl (C=O) groups is 3. The summed E-state index contributed by atoms with van der Waals surface area (Å²) in [7, 11) is 1.52. The van der Waals surface area contributed by atoms with Crippen molar-refractivity contribution in [2.75, 3.05) is 20.2 Å². The summed E-state index contributed by atoms with van der Waals surface area (Å²) in [6.07, 6.45) is 0.380. The van der Waals surface area contributed by atoms with E-state index >= 15 is 0 Å². The summed E-state index contributed by atoms with van der Waals surface area (Å²) in [5.74, 6) is -1.11. The average Bonchev–Trinajstić information content (AvgIpc) is 3.00. The third kappa shape index (κ3) is 6.86. The minimum atomic E-state index is -1.19. The van der Waals surface area contributed by atoms with Gasteiger partial charge in [-0.3, -0.25) is 9.69 Å². The largest absolute Gasteiger partial charge is 0.496 e. The van der Waals surface area contributed by atoms with Crippen molar-refractivity contribution in [3.8, 4) is 11.5 Å². The molecule has 3 amide bonds. The molecule has 11 heteroatoms. The van der Waals surface area contributed by atoms with Gasteiger partial charge in [0.05, 0.1) is 19.6 Å². The van der Waals surface area contributed by atoms with Gasteiger partial charge in [0.1, 0.15) is 11.8 Å². The Hall–Kier alpha value is -3.79. The van der Waals surface area contributed by atoms with E-state index in [1.165, 1.54) is 7.11 Å². The number of urea groups is 1. The first-order valence-corrected chi connectivity index (χ1v) is 11.4. The molecule has 2 atom stereocenters. The van der Waals surface area contributed by atoms with Crippen LogP contribution in [0.15, 0.2) is 53.7 Å². The van der Waals surface area contributed by atoms with Crippen molar-refractivity contribution in [3.63, 3.8) is 0 Å². The number of nitrogens with zero attached hydrogens (tertiary/aromatic N) is 2. The van der Waals surface area contributed by atoms with E-state index in [0.717, 1.165) is 4.90 Å². The number of hydrogen-bond acceptors (Lipinski definition) is 6. The molecule has 1 heterocycles. The Labute approximate surface area is 207 Å². The van der Waals surface area contributed by atoms with Gasteiger partial charge < -0.3 is 25.3 Å². The number of benzene rings is 2. The van der Waals surface area contributed by atoms with Crippen molar-refractivity contribution in [2.45, 2.75) is 25.8 Å². The lowest BCUT2D eigenvalue weighted by Crippen LogP contribution is -2.52. The number of para-hydroxylation sites is 1. The Morgan fingerprint density at radius 3 is 2.69 bits per heavy atom. The molecule has 3 N–H and O–H groups in total. The van der Waals surface area contributed by atoms with Crippen LogP contribution in [0.5, 0.6) is 11.5 Å². The first kappa shape index (κ1) is 25.8. The summed E-state index contributed by atoms with van der Waals surface area (Å²) in [5.41, 5.74) is 0.693. The summed E-state index contributed by atoms with van der Waals surface area (Å²) in [5, 5.41) is 19.4. The Balaban J connectivity index is 1.88. The SMILES string of the molecule is CCC(NC(=O)N1C/C(=N/Oc2ccccc2)NC[C@@H](Cc2cc(Cl)ccc2OC)C1=O)C(=O)O. The fourth-order valence-corrected chi connectivity index (χ4v) is 3.75. The van der Waals surface area contributed by atoms with Gasteiger partial charge in [-0.25, -0.2) is 9.59 Å². The molecule has 186 valence electrons. The van der Waals surface area contributed by atoms with E-state index in [9.17, 15) is 19.5 Å². The van der Waals surface area contributed by atoms with Crippen molar-refractivity contribution in [3.05, 3.63) is 59.1 Å². The van der Waals surface area contributed by atoms with E-state index in [1.807, 2.05) is 6.07 Å². The number of ether oxygens (including phenoxy) is 1. The van der Waals surface area contributed by atoms with E-state index in [1.54, 1.807) is 49.4 Å². The molecule has 0 aliphatic carbocycles. The van der Waals surface area contributed by atoms with Crippen molar-refractivity contribution in [1.29, 1.82) is 0 Å². The summed E-state index contributed by atoms with van der Waals surface area (Å²) < 4.78 is 5.39. The number of oxime groups is 1. The minimum absolute atomic E-state index is 0.155. The lowest BCUT2D eigenvalue weighted by atomic mass is 9.97. The monoisotopic (exact) mass is 502 g/mol. The van der Waals surface area contributed by atoms with Gasteiger partial charge in [0.15, 0.2) is 11.6 Å². The second-order valence-corrected chi connectivity index (χ2v) is 8.29. The van der Waals surface area contributed by atoms with Crippen LogP contribution in [-0.2, 0) is 16.0 Å². The maximum Gasteiger partial charge on any atom is 0.326 e. The van der Waals surface area contributed by atoms with Gasteiger partial charge >= 0.3 is 12.0 Å². The van der Waals surface area contributed by atoms with Crippen LogP contribution in [0, 0.1) is 5.92 Å². The zero-order chi connectivity index (χ0) is 25.4. The van der Waals surface area contributed by atoms with Gasteiger partial charge in [-0.1, -0.05) is 41.9 Å². The minimum Gasteiger partial charge on any atom is -0.496 e. The number of carboxylic acids is 1. The summed E-state index contributed by atoms with van der Waals surface area (Å²) in [6, 6.07) is 11.9. The van der Waals surface area contributed by atoms with E-state index < -0.39 is 29.9 Å². The number of amidine groups is 1. The van der Waals surface area contributed by atoms with Crippen LogP contribution in [0.1, 0.15) is 18.9 Å². The van der Waals surface area contributed by atoms with Crippen LogP contribution in [0.2, 0.25) is 5.02 Å². The molecule has 10 nitrogen and oxygen atoms in total. The van der Waals surface area contributed by atoms with Gasteiger partial charge in [0.2, 0.25) is 5.91 Å². The van der Waals surface area contributed by atoms with Gasteiger partial charge in [-0.2, -0.15) is 0 Å². The highest BCUT2D eigenvalue weighted by Crippen LogP contribution is 2.26. The third-order valence-corrected chi connectivity index (χ3v) is 5.67. The Morgan fingerprint density at radius 1 is 1.29 bits per heavy atom. The third-order valence-electron chi connectivity index (χ3n) is 5.44. The number of halogens is 1. The number of nitrogens with one attached hydrogen (secondary N) is 2. The molecule has 0 spiro atoms. The predicted molar refractivity (Wildman–Crippen MR) is 130 cm³/mol. The predicted octanol–water partition coefficient (Wildman–Crippen LogP) is 2.90. The highest BCUT2D eigenvalue weighted by atomic mass is 35.5. The average molecular weight is 503 g/mol. The lowest BCUT2D eigenvalue weighted by Gasteiger charge is -2.24. The highest BCUT2D eigenvalue weighted by molar-refractivity contribution is 6.30. The van der Waals surface area contributed by atoms with Crippen LogP contribution >= 0.6 is 11.6 Å². The second-order valence-electron chi connectivity index (χ2n) is 7.85. The zero-order valence-corrected chi connectivity index (χ0v) is 20.1. The molecule has 0 bridgehead atoms. The molecule has 0 radical (unpaired) electrons. The summed E-state index contributed by atoms with van der Waals surface area (Å²) in [4.78, 5) is 44.2. The number of amides is 3. The van der Waals surface area contributed by atoms with E-state index in [2.05, 4.69) is 15.8 Å². The van der Waals surface area contributed by atoms with Crippen molar-refractivity contribution in [2.24, 2.45) is 11.1 Å². The molecule has 1 saturated heterocycles. The van der Waals surface area contributed by atoms with Crippen LogP contribution in [0.25, 0.3) is 0 Å². The highest BCUT2D eigenvalue weighted by Gasteiger charge is 2.35.